The molecule has 1 saturated heterocycles. The lowest BCUT2D eigenvalue weighted by atomic mass is 10.2. The third kappa shape index (κ3) is 3.93. The number of aromatic amines is 1. The number of nitrogens with one attached hydrogen (secondary N) is 3. The molecule has 10 heteroatoms. The van der Waals surface area contributed by atoms with Crippen molar-refractivity contribution in [2.24, 2.45) is 0 Å². The smallest absolute Gasteiger partial charge is 0.229 e. The number of hydrogen-bond donors (Lipinski definition) is 3. The monoisotopic (exact) mass is 473 g/mol. The molecule has 0 unspecified atom stereocenters. The Labute approximate surface area is 201 Å². The average molecular weight is 474 g/mol. The lowest BCUT2D eigenvalue weighted by molar-refractivity contribution is 0.580. The van der Waals surface area contributed by atoms with Crippen LogP contribution in [0.5, 0.6) is 0 Å². The molecule has 5 aromatic rings. The average Bonchev–Trinajstić information content (AvgIpc) is 3.46. The van der Waals surface area contributed by atoms with E-state index in [1.807, 2.05) is 35.2 Å². The fourth-order valence-corrected chi connectivity index (χ4v) is 4.43. The van der Waals surface area contributed by atoms with E-state index in [-0.39, 0.29) is 0 Å². The highest BCUT2D eigenvalue weighted by molar-refractivity contribution is 6.31. The van der Waals surface area contributed by atoms with Crippen molar-refractivity contribution in [3.8, 4) is 5.69 Å². The second-order valence-electron chi connectivity index (χ2n) is 8.43. The van der Waals surface area contributed by atoms with E-state index in [0.717, 1.165) is 59.9 Å². The van der Waals surface area contributed by atoms with Gasteiger partial charge in [0, 0.05) is 36.9 Å². The molecule has 2 aromatic carbocycles. The number of benzene rings is 2. The fraction of sp³-hybridized carbons (Fsp3) is 0.250. The van der Waals surface area contributed by atoms with Crippen LogP contribution in [0.25, 0.3) is 27.9 Å². The van der Waals surface area contributed by atoms with Crippen molar-refractivity contribution in [1.82, 2.24) is 34.8 Å². The zero-order valence-corrected chi connectivity index (χ0v) is 19.5. The van der Waals surface area contributed by atoms with E-state index < -0.39 is 0 Å². The summed E-state index contributed by atoms with van der Waals surface area (Å²) < 4.78 is 2.02. The van der Waals surface area contributed by atoms with Gasteiger partial charge >= 0.3 is 0 Å². The highest BCUT2D eigenvalue weighted by Crippen LogP contribution is 2.26. The molecule has 0 bridgehead atoms. The Balaban J connectivity index is 1.40. The van der Waals surface area contributed by atoms with Gasteiger partial charge in [-0.25, -0.2) is 9.97 Å². The molecular formula is C24H24ClN9. The summed E-state index contributed by atoms with van der Waals surface area (Å²) in [6.45, 7) is 6.07. The highest BCUT2D eigenvalue weighted by atomic mass is 35.5. The van der Waals surface area contributed by atoms with E-state index >= 15 is 0 Å². The standard InChI is InChI=1S/C24H24ClN9/c1-15-3-2-4-17(11-15)34-14-28-21-22(31-24(32-23(21)34)33-9-7-26-8-10-33)27-13-20-29-18-6-5-16(25)12-19(18)30-20/h2-6,11-12,14,26H,7-10,13H2,1H3,(H,29,30)(H,27,31,32). The first-order chi connectivity index (χ1) is 16.6. The maximum atomic E-state index is 6.11. The second kappa shape index (κ2) is 8.58. The molecule has 0 saturated carbocycles. The predicted molar refractivity (Wildman–Crippen MR) is 135 cm³/mol. The van der Waals surface area contributed by atoms with Crippen molar-refractivity contribution in [2.45, 2.75) is 13.5 Å². The molecule has 1 fully saturated rings. The number of rotatable bonds is 5. The number of anilines is 2. The second-order valence-corrected chi connectivity index (χ2v) is 8.87. The Bertz CT molecular complexity index is 1480. The predicted octanol–water partition coefficient (Wildman–Crippen LogP) is 3.68. The van der Waals surface area contributed by atoms with Gasteiger partial charge in [-0.1, -0.05) is 23.7 Å². The number of aryl methyl sites for hydroxylation is 1. The van der Waals surface area contributed by atoms with Crippen LogP contribution in [0.4, 0.5) is 11.8 Å². The van der Waals surface area contributed by atoms with Crippen LogP contribution >= 0.6 is 11.6 Å². The van der Waals surface area contributed by atoms with E-state index in [1.54, 1.807) is 0 Å². The van der Waals surface area contributed by atoms with Gasteiger partial charge in [-0.2, -0.15) is 9.97 Å². The lowest BCUT2D eigenvalue weighted by Crippen LogP contribution is -2.44. The summed E-state index contributed by atoms with van der Waals surface area (Å²) in [4.78, 5) is 24.7. The number of fused-ring (bicyclic) bond motifs is 2. The number of halogens is 1. The molecule has 34 heavy (non-hydrogen) atoms. The van der Waals surface area contributed by atoms with Gasteiger partial charge in [0.25, 0.3) is 0 Å². The molecule has 0 amide bonds. The summed E-state index contributed by atoms with van der Waals surface area (Å²) in [6, 6.07) is 14.0. The topological polar surface area (TPSA) is 99.6 Å². The zero-order chi connectivity index (χ0) is 23.1. The van der Waals surface area contributed by atoms with Crippen molar-refractivity contribution >= 4 is 45.6 Å². The molecule has 3 aromatic heterocycles. The SMILES string of the molecule is Cc1cccc(-n2cnc3c(NCc4nc5cc(Cl)ccc5[nH]4)nc(N4CCNCC4)nc32)c1. The molecule has 0 radical (unpaired) electrons. The number of imidazole rings is 2. The molecule has 0 atom stereocenters. The Hall–Kier alpha value is -3.69. The largest absolute Gasteiger partial charge is 0.361 e. The number of piperazine rings is 1. The van der Waals surface area contributed by atoms with E-state index in [4.69, 9.17) is 21.6 Å². The first-order valence-corrected chi connectivity index (χ1v) is 11.7. The normalized spacial score (nSPS) is 14.2. The van der Waals surface area contributed by atoms with Crippen molar-refractivity contribution in [3.05, 3.63) is 65.2 Å². The Morgan fingerprint density at radius 2 is 1.94 bits per heavy atom. The highest BCUT2D eigenvalue weighted by Gasteiger charge is 2.20. The molecule has 6 rings (SSSR count). The van der Waals surface area contributed by atoms with Crippen LogP contribution in [0, 0.1) is 6.92 Å². The lowest BCUT2D eigenvalue weighted by Gasteiger charge is -2.27. The van der Waals surface area contributed by atoms with Gasteiger partial charge in [0.15, 0.2) is 17.0 Å². The Morgan fingerprint density at radius 1 is 1.06 bits per heavy atom. The first-order valence-electron chi connectivity index (χ1n) is 11.3. The van der Waals surface area contributed by atoms with E-state index in [2.05, 4.69) is 55.6 Å². The minimum atomic E-state index is 0.469. The first kappa shape index (κ1) is 20.9. The van der Waals surface area contributed by atoms with Gasteiger partial charge < -0.3 is 20.5 Å². The third-order valence-corrected chi connectivity index (χ3v) is 6.22. The molecule has 9 nitrogen and oxygen atoms in total. The summed E-state index contributed by atoms with van der Waals surface area (Å²) in [6.07, 6.45) is 1.81. The van der Waals surface area contributed by atoms with Gasteiger partial charge in [-0.15, -0.1) is 0 Å². The molecule has 0 aliphatic carbocycles. The molecule has 1 aliphatic heterocycles. The van der Waals surface area contributed by atoms with Gasteiger partial charge in [0.2, 0.25) is 5.95 Å². The van der Waals surface area contributed by atoms with Crippen LogP contribution in [0.1, 0.15) is 11.4 Å². The fourth-order valence-electron chi connectivity index (χ4n) is 4.27. The molecule has 0 spiro atoms. The molecule has 4 heterocycles. The van der Waals surface area contributed by atoms with Crippen LogP contribution in [0.3, 0.4) is 0 Å². The van der Waals surface area contributed by atoms with Crippen LogP contribution < -0.4 is 15.5 Å². The van der Waals surface area contributed by atoms with Crippen molar-refractivity contribution < 1.29 is 0 Å². The van der Waals surface area contributed by atoms with E-state index in [0.29, 0.717) is 23.3 Å². The van der Waals surface area contributed by atoms with E-state index in [9.17, 15) is 0 Å². The Kier molecular flexibility index (Phi) is 5.27. The van der Waals surface area contributed by atoms with Gasteiger partial charge in [-0.3, -0.25) is 4.57 Å². The number of aromatic nitrogens is 6. The van der Waals surface area contributed by atoms with Crippen molar-refractivity contribution in [3.63, 3.8) is 0 Å². The summed E-state index contributed by atoms with van der Waals surface area (Å²) in [5, 5.41) is 7.49. The molecule has 3 N–H and O–H groups in total. The maximum Gasteiger partial charge on any atom is 0.229 e. The summed E-state index contributed by atoms with van der Waals surface area (Å²) in [7, 11) is 0. The molecule has 172 valence electrons. The Morgan fingerprint density at radius 3 is 2.79 bits per heavy atom. The molecule has 1 aliphatic rings. The van der Waals surface area contributed by atoms with Crippen LogP contribution in [-0.4, -0.2) is 55.7 Å². The van der Waals surface area contributed by atoms with Crippen LogP contribution in [-0.2, 0) is 6.54 Å². The van der Waals surface area contributed by atoms with Gasteiger partial charge in [0.05, 0.1) is 17.6 Å². The van der Waals surface area contributed by atoms with Crippen molar-refractivity contribution in [1.29, 1.82) is 0 Å². The van der Waals surface area contributed by atoms with Crippen LogP contribution in [0.2, 0.25) is 5.02 Å². The number of nitrogens with zero attached hydrogens (tertiary/aromatic N) is 6. The summed E-state index contributed by atoms with van der Waals surface area (Å²) in [5.41, 5.74) is 5.47. The summed E-state index contributed by atoms with van der Waals surface area (Å²) >= 11 is 6.11. The van der Waals surface area contributed by atoms with Gasteiger partial charge in [0.1, 0.15) is 12.2 Å². The summed E-state index contributed by atoms with van der Waals surface area (Å²) in [5.74, 6) is 2.18. The number of hydrogen-bond acceptors (Lipinski definition) is 7. The van der Waals surface area contributed by atoms with Crippen LogP contribution in [0.15, 0.2) is 48.8 Å². The molecular weight excluding hydrogens is 450 g/mol. The minimum absolute atomic E-state index is 0.469. The van der Waals surface area contributed by atoms with E-state index in [1.165, 1.54) is 5.56 Å². The third-order valence-electron chi connectivity index (χ3n) is 5.98. The van der Waals surface area contributed by atoms with Gasteiger partial charge in [-0.05, 0) is 42.8 Å². The quantitative estimate of drug-likeness (QED) is 0.358. The number of H-pyrrole nitrogens is 1. The zero-order valence-electron chi connectivity index (χ0n) is 18.7. The maximum absolute atomic E-state index is 6.11. The van der Waals surface area contributed by atoms with Crippen molar-refractivity contribution in [2.75, 3.05) is 36.4 Å². The minimum Gasteiger partial charge on any atom is -0.361 e.